The van der Waals surface area contributed by atoms with Crippen LogP contribution in [0.1, 0.15) is 23.7 Å². The molecule has 1 aromatic carbocycles. The number of sulfone groups is 1. The fourth-order valence-corrected chi connectivity index (χ4v) is 4.73. The molecule has 1 amide bonds. The normalized spacial score (nSPS) is 18.2. The topological polar surface area (TPSA) is 99.2 Å². The van der Waals surface area contributed by atoms with Crippen LogP contribution in [0.15, 0.2) is 18.2 Å². The Balaban J connectivity index is 2.03. The minimum absolute atomic E-state index is 0.0514. The average Bonchev–Trinajstić information content (AvgIpc) is 2.98. The van der Waals surface area contributed by atoms with Gasteiger partial charge in [-0.15, -0.1) is 0 Å². The highest BCUT2D eigenvalue weighted by atomic mass is 32.2. The SMILES string of the molecule is CCN(C(=O)COC(=O)c1cccc(OC)c1OC)C1CCS(=O)(=O)C1. The number of ether oxygens (including phenoxy) is 3. The molecule has 1 atom stereocenters. The maximum Gasteiger partial charge on any atom is 0.342 e. The Morgan fingerprint density at radius 3 is 2.50 bits per heavy atom. The number of methoxy groups -OCH3 is 2. The van der Waals surface area contributed by atoms with E-state index in [1.807, 2.05) is 0 Å². The van der Waals surface area contributed by atoms with Gasteiger partial charge in [-0.05, 0) is 25.5 Å². The van der Waals surface area contributed by atoms with E-state index in [9.17, 15) is 18.0 Å². The number of carbonyl (C=O) groups is 2. The van der Waals surface area contributed by atoms with Crippen LogP contribution in [-0.2, 0) is 19.4 Å². The molecule has 0 N–H and O–H groups in total. The predicted molar refractivity (Wildman–Crippen MR) is 94.3 cm³/mol. The molecule has 144 valence electrons. The lowest BCUT2D eigenvalue weighted by Gasteiger charge is -2.26. The molecule has 0 radical (unpaired) electrons. The second-order valence-corrected chi connectivity index (χ2v) is 8.08. The van der Waals surface area contributed by atoms with Gasteiger partial charge in [-0.1, -0.05) is 6.07 Å². The molecule has 9 heteroatoms. The van der Waals surface area contributed by atoms with Crippen LogP contribution in [0.4, 0.5) is 0 Å². The molecule has 0 spiro atoms. The van der Waals surface area contributed by atoms with Gasteiger partial charge < -0.3 is 19.1 Å². The number of benzene rings is 1. The van der Waals surface area contributed by atoms with Gasteiger partial charge in [0.15, 0.2) is 27.9 Å². The summed E-state index contributed by atoms with van der Waals surface area (Å²) in [7, 11) is -0.256. The van der Waals surface area contributed by atoms with Crippen molar-refractivity contribution in [2.45, 2.75) is 19.4 Å². The van der Waals surface area contributed by atoms with Gasteiger partial charge in [-0.25, -0.2) is 13.2 Å². The number of hydrogen-bond donors (Lipinski definition) is 0. The molecule has 1 fully saturated rings. The predicted octanol–water partition coefficient (Wildman–Crippen LogP) is 0.896. The summed E-state index contributed by atoms with van der Waals surface area (Å²) in [6.45, 7) is 1.64. The first-order valence-electron chi connectivity index (χ1n) is 8.21. The number of para-hydroxylation sites is 1. The van der Waals surface area contributed by atoms with Crippen LogP contribution in [0.5, 0.6) is 11.5 Å². The summed E-state index contributed by atoms with van der Waals surface area (Å²) < 4.78 is 38.7. The van der Waals surface area contributed by atoms with Crippen LogP contribution in [0.3, 0.4) is 0 Å². The largest absolute Gasteiger partial charge is 0.493 e. The molecule has 0 aromatic heterocycles. The van der Waals surface area contributed by atoms with Crippen LogP contribution < -0.4 is 9.47 Å². The van der Waals surface area contributed by atoms with Gasteiger partial charge in [-0.3, -0.25) is 4.79 Å². The molecule has 8 nitrogen and oxygen atoms in total. The lowest BCUT2D eigenvalue weighted by atomic mass is 10.2. The monoisotopic (exact) mass is 385 g/mol. The fourth-order valence-electron chi connectivity index (χ4n) is 3.00. The molecule has 1 unspecified atom stereocenters. The minimum Gasteiger partial charge on any atom is -0.493 e. The van der Waals surface area contributed by atoms with Crippen molar-refractivity contribution >= 4 is 21.7 Å². The molecule has 1 aliphatic heterocycles. The highest BCUT2D eigenvalue weighted by molar-refractivity contribution is 7.91. The van der Waals surface area contributed by atoms with E-state index in [-0.39, 0.29) is 28.9 Å². The van der Waals surface area contributed by atoms with Crippen LogP contribution in [0.25, 0.3) is 0 Å². The molecular weight excluding hydrogens is 362 g/mol. The number of esters is 1. The van der Waals surface area contributed by atoms with Gasteiger partial charge >= 0.3 is 5.97 Å². The molecule has 1 saturated heterocycles. The lowest BCUT2D eigenvalue weighted by Crippen LogP contribution is -2.43. The summed E-state index contributed by atoms with van der Waals surface area (Å²) in [4.78, 5) is 26.1. The zero-order chi connectivity index (χ0) is 19.3. The summed E-state index contributed by atoms with van der Waals surface area (Å²) in [6, 6.07) is 4.39. The molecule has 2 rings (SSSR count). The highest BCUT2D eigenvalue weighted by Gasteiger charge is 2.34. The average molecular weight is 385 g/mol. The second-order valence-electron chi connectivity index (χ2n) is 5.85. The van der Waals surface area contributed by atoms with Crippen molar-refractivity contribution in [1.82, 2.24) is 4.90 Å². The van der Waals surface area contributed by atoms with Gasteiger partial charge in [-0.2, -0.15) is 0 Å². The molecule has 1 aliphatic rings. The third kappa shape index (κ3) is 4.46. The number of carbonyl (C=O) groups excluding carboxylic acids is 2. The van der Waals surface area contributed by atoms with Crippen molar-refractivity contribution in [2.24, 2.45) is 0 Å². The number of likely N-dealkylation sites (N-methyl/N-ethyl adjacent to an activating group) is 1. The maximum atomic E-state index is 12.4. The van der Waals surface area contributed by atoms with Gasteiger partial charge in [0.2, 0.25) is 0 Å². The van der Waals surface area contributed by atoms with Crippen molar-refractivity contribution < 1.29 is 32.2 Å². The Hall–Kier alpha value is -2.29. The first-order valence-corrected chi connectivity index (χ1v) is 10.0. The van der Waals surface area contributed by atoms with Crippen molar-refractivity contribution in [3.05, 3.63) is 23.8 Å². The third-order valence-corrected chi connectivity index (χ3v) is 6.01. The number of amides is 1. The Bertz CT molecular complexity index is 775. The third-order valence-electron chi connectivity index (χ3n) is 4.26. The molecular formula is C17H23NO7S. The summed E-state index contributed by atoms with van der Waals surface area (Å²) in [5.74, 6) is -0.526. The number of rotatable bonds is 7. The summed E-state index contributed by atoms with van der Waals surface area (Å²) in [5.41, 5.74) is 0.145. The summed E-state index contributed by atoms with van der Waals surface area (Å²) >= 11 is 0. The van der Waals surface area contributed by atoms with E-state index in [0.717, 1.165) is 0 Å². The van der Waals surface area contributed by atoms with Crippen LogP contribution in [0, 0.1) is 0 Å². The van der Waals surface area contributed by atoms with Crippen molar-refractivity contribution in [1.29, 1.82) is 0 Å². The van der Waals surface area contributed by atoms with Crippen molar-refractivity contribution in [3.63, 3.8) is 0 Å². The molecule has 0 saturated carbocycles. The van der Waals surface area contributed by atoms with Gasteiger partial charge in [0, 0.05) is 12.6 Å². The Labute approximate surface area is 152 Å². The lowest BCUT2D eigenvalue weighted by molar-refractivity contribution is -0.136. The Morgan fingerprint density at radius 2 is 1.96 bits per heavy atom. The van der Waals surface area contributed by atoms with Gasteiger partial charge in [0.25, 0.3) is 5.91 Å². The highest BCUT2D eigenvalue weighted by Crippen LogP contribution is 2.31. The standard InChI is InChI=1S/C17H23NO7S/c1-4-18(12-8-9-26(21,22)11-12)15(19)10-25-17(20)13-6-5-7-14(23-2)16(13)24-3/h5-7,12H,4,8-11H2,1-3H3. The second kappa shape index (κ2) is 8.39. The van der Waals surface area contributed by atoms with E-state index in [2.05, 4.69) is 0 Å². The zero-order valence-electron chi connectivity index (χ0n) is 15.1. The van der Waals surface area contributed by atoms with Gasteiger partial charge in [0.05, 0.1) is 25.7 Å². The van der Waals surface area contributed by atoms with E-state index in [1.54, 1.807) is 19.1 Å². The molecule has 26 heavy (non-hydrogen) atoms. The Kier molecular flexibility index (Phi) is 6.47. The minimum atomic E-state index is -3.11. The maximum absolute atomic E-state index is 12.4. The van der Waals surface area contributed by atoms with Crippen LogP contribution in [-0.4, -0.2) is 70.1 Å². The van der Waals surface area contributed by atoms with E-state index in [4.69, 9.17) is 14.2 Å². The van der Waals surface area contributed by atoms with E-state index in [0.29, 0.717) is 18.7 Å². The first kappa shape index (κ1) is 20.0. The Morgan fingerprint density at radius 1 is 1.23 bits per heavy atom. The van der Waals surface area contributed by atoms with Gasteiger partial charge in [0.1, 0.15) is 5.56 Å². The van der Waals surface area contributed by atoms with E-state index < -0.39 is 28.3 Å². The van der Waals surface area contributed by atoms with Crippen LogP contribution in [0.2, 0.25) is 0 Å². The number of hydrogen-bond acceptors (Lipinski definition) is 7. The van der Waals surface area contributed by atoms with Crippen molar-refractivity contribution in [2.75, 3.05) is 38.9 Å². The molecule has 1 heterocycles. The number of nitrogens with zero attached hydrogens (tertiary/aromatic N) is 1. The smallest absolute Gasteiger partial charge is 0.342 e. The summed E-state index contributed by atoms with van der Waals surface area (Å²) in [6.07, 6.45) is 0.402. The molecule has 1 aromatic rings. The van der Waals surface area contributed by atoms with Crippen LogP contribution >= 0.6 is 0 Å². The quantitative estimate of drug-likeness (QED) is 0.643. The fraction of sp³-hybridized carbons (Fsp3) is 0.529. The molecule has 0 aliphatic carbocycles. The molecule has 0 bridgehead atoms. The first-order chi connectivity index (χ1) is 12.3. The van der Waals surface area contributed by atoms with E-state index in [1.165, 1.54) is 25.2 Å². The van der Waals surface area contributed by atoms with E-state index >= 15 is 0 Å². The van der Waals surface area contributed by atoms with Crippen molar-refractivity contribution in [3.8, 4) is 11.5 Å². The summed E-state index contributed by atoms with van der Waals surface area (Å²) in [5, 5.41) is 0. The zero-order valence-corrected chi connectivity index (χ0v) is 15.9.